The molecule has 5 heteroatoms. The van der Waals surface area contributed by atoms with E-state index in [1.54, 1.807) is 0 Å². The number of quaternary nitrogens is 1. The van der Waals surface area contributed by atoms with Crippen LogP contribution in [-0.4, -0.2) is 13.2 Å². The van der Waals surface area contributed by atoms with E-state index in [0.717, 1.165) is 25.7 Å². The Labute approximate surface area is 82.2 Å². The molecule has 4 nitrogen and oxygen atoms in total. The SMILES string of the molecule is CCCCOP([O-])OCCCC.[NH4+]. The van der Waals surface area contributed by atoms with Gasteiger partial charge in [-0.15, -0.1) is 0 Å². The zero-order valence-electron chi connectivity index (χ0n) is 8.91. The van der Waals surface area contributed by atoms with Crippen molar-refractivity contribution in [3.05, 3.63) is 0 Å². The summed E-state index contributed by atoms with van der Waals surface area (Å²) >= 11 is 0. The summed E-state index contributed by atoms with van der Waals surface area (Å²) in [6, 6.07) is 0. The summed E-state index contributed by atoms with van der Waals surface area (Å²) in [5.41, 5.74) is 0. The molecule has 0 aromatic carbocycles. The average Bonchev–Trinajstić information content (AvgIpc) is 2.06. The third kappa shape index (κ3) is 12.3. The van der Waals surface area contributed by atoms with E-state index in [-0.39, 0.29) is 6.15 Å². The fraction of sp³-hybridized carbons (Fsp3) is 1.00. The average molecular weight is 211 g/mol. The van der Waals surface area contributed by atoms with Crippen LogP contribution >= 0.6 is 8.60 Å². The van der Waals surface area contributed by atoms with Crippen molar-refractivity contribution in [1.82, 2.24) is 6.15 Å². The van der Waals surface area contributed by atoms with E-state index < -0.39 is 8.60 Å². The molecule has 82 valence electrons. The van der Waals surface area contributed by atoms with Gasteiger partial charge in [0, 0.05) is 0 Å². The molecule has 0 radical (unpaired) electrons. The predicted molar refractivity (Wildman–Crippen MR) is 54.6 cm³/mol. The Morgan fingerprint density at radius 2 is 1.38 bits per heavy atom. The highest BCUT2D eigenvalue weighted by atomic mass is 31.2. The molecular weight excluding hydrogens is 189 g/mol. The third-order valence-corrected chi connectivity index (χ3v) is 2.18. The van der Waals surface area contributed by atoms with Gasteiger partial charge in [0.2, 0.25) is 0 Å². The molecule has 0 heterocycles. The first-order chi connectivity index (χ1) is 5.81. The minimum Gasteiger partial charge on any atom is -0.786 e. The van der Waals surface area contributed by atoms with Gasteiger partial charge in [0.1, 0.15) is 0 Å². The van der Waals surface area contributed by atoms with Crippen molar-refractivity contribution in [2.45, 2.75) is 39.5 Å². The lowest BCUT2D eigenvalue weighted by Gasteiger charge is -2.21. The van der Waals surface area contributed by atoms with Gasteiger partial charge in [-0.25, -0.2) is 0 Å². The lowest BCUT2D eigenvalue weighted by atomic mass is 10.4. The summed E-state index contributed by atoms with van der Waals surface area (Å²) in [7, 11) is -1.85. The Balaban J connectivity index is 0. The molecule has 0 atom stereocenters. The molecule has 0 aliphatic rings. The van der Waals surface area contributed by atoms with Crippen molar-refractivity contribution in [1.29, 1.82) is 0 Å². The largest absolute Gasteiger partial charge is 0.786 e. The topological polar surface area (TPSA) is 78.0 Å². The summed E-state index contributed by atoms with van der Waals surface area (Å²) in [6.07, 6.45) is 3.99. The van der Waals surface area contributed by atoms with Crippen LogP contribution in [0.3, 0.4) is 0 Å². The second-order valence-electron chi connectivity index (χ2n) is 2.60. The van der Waals surface area contributed by atoms with Crippen molar-refractivity contribution < 1.29 is 13.9 Å². The number of rotatable bonds is 8. The van der Waals surface area contributed by atoms with E-state index in [1.165, 1.54) is 0 Å². The van der Waals surface area contributed by atoms with Crippen LogP contribution in [0.4, 0.5) is 0 Å². The van der Waals surface area contributed by atoms with Crippen molar-refractivity contribution in [2.24, 2.45) is 0 Å². The van der Waals surface area contributed by atoms with Crippen LogP contribution in [0.2, 0.25) is 0 Å². The summed E-state index contributed by atoms with van der Waals surface area (Å²) in [4.78, 5) is 10.9. The smallest absolute Gasteiger partial charge is 0.0828 e. The third-order valence-electron chi connectivity index (χ3n) is 1.39. The van der Waals surface area contributed by atoms with Crippen LogP contribution in [0.25, 0.3) is 0 Å². The second-order valence-corrected chi connectivity index (χ2v) is 3.56. The van der Waals surface area contributed by atoms with Crippen molar-refractivity contribution in [2.75, 3.05) is 13.2 Å². The van der Waals surface area contributed by atoms with E-state index in [1.807, 2.05) is 0 Å². The fourth-order valence-electron chi connectivity index (χ4n) is 0.604. The Kier molecular flexibility index (Phi) is 14.8. The van der Waals surface area contributed by atoms with Gasteiger partial charge in [-0.3, -0.25) is 0 Å². The zero-order chi connectivity index (χ0) is 9.23. The van der Waals surface area contributed by atoms with Gasteiger partial charge in [0.15, 0.2) is 0 Å². The number of unbranched alkanes of at least 4 members (excludes halogenated alkanes) is 2. The molecule has 0 amide bonds. The molecule has 4 N–H and O–H groups in total. The predicted octanol–water partition coefficient (Wildman–Crippen LogP) is 2.58. The highest BCUT2D eigenvalue weighted by Gasteiger charge is 1.93. The Morgan fingerprint density at radius 3 is 1.69 bits per heavy atom. The quantitative estimate of drug-likeness (QED) is 0.495. The van der Waals surface area contributed by atoms with E-state index in [9.17, 15) is 4.89 Å². The molecule has 0 spiro atoms. The maximum Gasteiger partial charge on any atom is 0.0828 e. The first-order valence-electron chi connectivity index (χ1n) is 4.54. The molecule has 0 aliphatic heterocycles. The van der Waals surface area contributed by atoms with Crippen LogP contribution in [0.5, 0.6) is 0 Å². The Bertz CT molecular complexity index is 85.5. The number of hydrogen-bond donors (Lipinski definition) is 1. The normalized spacial score (nSPS) is 10.2. The second kappa shape index (κ2) is 12.3. The van der Waals surface area contributed by atoms with Gasteiger partial charge in [-0.1, -0.05) is 26.7 Å². The lowest BCUT2D eigenvalue weighted by molar-refractivity contribution is -0.204. The maximum atomic E-state index is 10.9. The monoisotopic (exact) mass is 211 g/mol. The van der Waals surface area contributed by atoms with E-state index in [4.69, 9.17) is 9.05 Å². The highest BCUT2D eigenvalue weighted by molar-refractivity contribution is 7.39. The van der Waals surface area contributed by atoms with Gasteiger partial charge < -0.3 is 20.1 Å². The van der Waals surface area contributed by atoms with Crippen LogP contribution in [0.1, 0.15) is 39.5 Å². The van der Waals surface area contributed by atoms with Gasteiger partial charge in [-0.05, 0) is 12.8 Å². The van der Waals surface area contributed by atoms with E-state index in [2.05, 4.69) is 13.8 Å². The molecule has 0 fully saturated rings. The molecule has 0 bridgehead atoms. The van der Waals surface area contributed by atoms with E-state index >= 15 is 0 Å². The highest BCUT2D eigenvalue weighted by Crippen LogP contribution is 2.27. The van der Waals surface area contributed by atoms with Crippen LogP contribution in [-0.2, 0) is 9.05 Å². The van der Waals surface area contributed by atoms with Crippen molar-refractivity contribution in [3.8, 4) is 0 Å². The molecular formula is C8H22NO3P. The molecule has 13 heavy (non-hydrogen) atoms. The van der Waals surface area contributed by atoms with E-state index in [0.29, 0.717) is 13.2 Å². The van der Waals surface area contributed by atoms with Gasteiger partial charge >= 0.3 is 0 Å². The van der Waals surface area contributed by atoms with Crippen molar-refractivity contribution in [3.63, 3.8) is 0 Å². The number of hydrogen-bond acceptors (Lipinski definition) is 3. The minimum atomic E-state index is -1.85. The molecule has 0 aliphatic carbocycles. The minimum absolute atomic E-state index is 0. The summed E-state index contributed by atoms with van der Waals surface area (Å²) < 4.78 is 9.83. The van der Waals surface area contributed by atoms with Crippen LogP contribution in [0, 0.1) is 0 Å². The summed E-state index contributed by atoms with van der Waals surface area (Å²) in [6.45, 7) is 5.21. The molecule has 0 unspecified atom stereocenters. The van der Waals surface area contributed by atoms with Crippen LogP contribution < -0.4 is 11.0 Å². The van der Waals surface area contributed by atoms with Gasteiger partial charge in [0.25, 0.3) is 0 Å². The summed E-state index contributed by atoms with van der Waals surface area (Å²) in [5, 5.41) is 0. The molecule has 0 aromatic rings. The fourth-order valence-corrected chi connectivity index (χ4v) is 1.23. The van der Waals surface area contributed by atoms with Gasteiger partial charge in [0.05, 0.1) is 21.8 Å². The molecule has 0 aromatic heterocycles. The Morgan fingerprint density at radius 1 is 1.00 bits per heavy atom. The standard InChI is InChI=1S/C8H18O3P.H3N/c1-3-5-7-10-12(9)11-8-6-4-2;/h3-8H2,1-2H3;1H3/q-1;/p+1. The first-order valence-corrected chi connectivity index (χ1v) is 5.63. The van der Waals surface area contributed by atoms with Gasteiger partial charge in [-0.2, -0.15) is 0 Å². The van der Waals surface area contributed by atoms with Crippen molar-refractivity contribution >= 4 is 8.60 Å². The van der Waals surface area contributed by atoms with Crippen LogP contribution in [0.15, 0.2) is 0 Å². The molecule has 0 saturated heterocycles. The lowest BCUT2D eigenvalue weighted by Crippen LogP contribution is -2.04. The first kappa shape index (κ1) is 15.7. The Hall–Kier alpha value is 0.270. The molecule has 0 saturated carbocycles. The maximum absolute atomic E-state index is 10.9. The summed E-state index contributed by atoms with van der Waals surface area (Å²) in [5.74, 6) is 0. The molecule has 0 rings (SSSR count). The zero-order valence-corrected chi connectivity index (χ0v) is 9.81.